The smallest absolute Gasteiger partial charge is 0.248 e. The SMILES string of the molecule is CN1CC[C@H]2OCC[C@@]2(COCC(=O)N2CCCC2)C1. The fourth-order valence-corrected chi connectivity index (χ4v) is 3.88. The molecule has 5 heteroatoms. The zero-order valence-electron chi connectivity index (χ0n) is 12.5. The lowest BCUT2D eigenvalue weighted by Gasteiger charge is -2.42. The van der Waals surface area contributed by atoms with Crippen molar-refractivity contribution in [2.24, 2.45) is 5.41 Å². The van der Waals surface area contributed by atoms with Gasteiger partial charge in [0.05, 0.1) is 12.7 Å². The van der Waals surface area contributed by atoms with Crippen molar-refractivity contribution in [1.82, 2.24) is 9.80 Å². The van der Waals surface area contributed by atoms with Crippen molar-refractivity contribution < 1.29 is 14.3 Å². The van der Waals surface area contributed by atoms with E-state index in [4.69, 9.17) is 9.47 Å². The number of amides is 1. The molecule has 0 unspecified atom stereocenters. The van der Waals surface area contributed by atoms with Gasteiger partial charge in [-0.2, -0.15) is 0 Å². The van der Waals surface area contributed by atoms with Gasteiger partial charge in [-0.15, -0.1) is 0 Å². The van der Waals surface area contributed by atoms with Crippen molar-refractivity contribution in [3.05, 3.63) is 0 Å². The van der Waals surface area contributed by atoms with Gasteiger partial charge in [0, 0.05) is 38.2 Å². The normalized spacial score (nSPS) is 34.5. The van der Waals surface area contributed by atoms with Gasteiger partial charge in [-0.25, -0.2) is 0 Å². The standard InChI is InChI=1S/C15H26N2O3/c1-16-8-4-13-15(11-16,5-9-20-13)12-19-10-14(18)17-6-2-3-7-17/h13H,2-12H2,1H3/t13-,15+/m1/s1. The predicted molar refractivity (Wildman–Crippen MR) is 75.5 cm³/mol. The average molecular weight is 282 g/mol. The van der Waals surface area contributed by atoms with E-state index < -0.39 is 0 Å². The number of carbonyl (C=O) groups is 1. The lowest BCUT2D eigenvalue weighted by molar-refractivity contribution is -0.138. The van der Waals surface area contributed by atoms with Crippen LogP contribution in [0, 0.1) is 5.41 Å². The van der Waals surface area contributed by atoms with Crippen LogP contribution in [0.15, 0.2) is 0 Å². The summed E-state index contributed by atoms with van der Waals surface area (Å²) in [6.07, 6.45) is 4.73. The molecule has 0 aliphatic carbocycles. The Morgan fingerprint density at radius 3 is 2.95 bits per heavy atom. The molecule has 0 aromatic carbocycles. The van der Waals surface area contributed by atoms with Gasteiger partial charge in [0.2, 0.25) is 5.91 Å². The number of likely N-dealkylation sites (tertiary alicyclic amines) is 2. The van der Waals surface area contributed by atoms with Crippen molar-refractivity contribution in [2.75, 3.05) is 53.0 Å². The van der Waals surface area contributed by atoms with E-state index in [0.717, 1.165) is 58.5 Å². The van der Waals surface area contributed by atoms with Crippen LogP contribution in [0.4, 0.5) is 0 Å². The Morgan fingerprint density at radius 2 is 2.15 bits per heavy atom. The van der Waals surface area contributed by atoms with Gasteiger partial charge in [0.25, 0.3) is 0 Å². The maximum atomic E-state index is 12.0. The molecule has 3 heterocycles. The molecule has 3 rings (SSSR count). The molecule has 0 N–H and O–H groups in total. The number of hydrogen-bond donors (Lipinski definition) is 0. The molecule has 20 heavy (non-hydrogen) atoms. The van der Waals surface area contributed by atoms with Crippen LogP contribution in [0.3, 0.4) is 0 Å². The van der Waals surface area contributed by atoms with Crippen molar-refractivity contribution in [3.63, 3.8) is 0 Å². The van der Waals surface area contributed by atoms with Gasteiger partial charge in [-0.05, 0) is 32.7 Å². The zero-order valence-corrected chi connectivity index (χ0v) is 12.5. The molecule has 0 spiro atoms. The molecule has 1 amide bonds. The Kier molecular flexibility index (Phi) is 4.29. The van der Waals surface area contributed by atoms with Gasteiger partial charge in [-0.3, -0.25) is 4.79 Å². The highest BCUT2D eigenvalue weighted by atomic mass is 16.5. The van der Waals surface area contributed by atoms with E-state index in [1.807, 2.05) is 4.90 Å². The molecule has 3 fully saturated rings. The fourth-order valence-electron chi connectivity index (χ4n) is 3.88. The second kappa shape index (κ2) is 6.00. The predicted octanol–water partition coefficient (Wildman–Crippen LogP) is 0.736. The first-order valence-electron chi connectivity index (χ1n) is 7.85. The molecular weight excluding hydrogens is 256 g/mol. The highest BCUT2D eigenvalue weighted by Crippen LogP contribution is 2.40. The third kappa shape index (κ3) is 2.85. The number of nitrogens with zero attached hydrogens (tertiary/aromatic N) is 2. The molecule has 5 nitrogen and oxygen atoms in total. The molecule has 0 aromatic heterocycles. The van der Waals surface area contributed by atoms with E-state index in [0.29, 0.717) is 12.7 Å². The molecule has 3 aliphatic heterocycles. The van der Waals surface area contributed by atoms with Gasteiger partial charge >= 0.3 is 0 Å². The summed E-state index contributed by atoms with van der Waals surface area (Å²) in [7, 11) is 2.16. The summed E-state index contributed by atoms with van der Waals surface area (Å²) in [5, 5.41) is 0. The van der Waals surface area contributed by atoms with Crippen molar-refractivity contribution >= 4 is 5.91 Å². The first kappa shape index (κ1) is 14.3. The minimum absolute atomic E-state index is 0.109. The second-order valence-electron chi connectivity index (χ2n) is 6.58. The Morgan fingerprint density at radius 1 is 1.35 bits per heavy atom. The quantitative estimate of drug-likeness (QED) is 0.762. The van der Waals surface area contributed by atoms with Crippen LogP contribution in [-0.2, 0) is 14.3 Å². The number of hydrogen-bond acceptors (Lipinski definition) is 4. The summed E-state index contributed by atoms with van der Waals surface area (Å²) >= 11 is 0. The van der Waals surface area contributed by atoms with E-state index in [1.165, 1.54) is 0 Å². The lowest BCUT2D eigenvalue weighted by Crippen LogP contribution is -2.50. The van der Waals surface area contributed by atoms with Crippen molar-refractivity contribution in [1.29, 1.82) is 0 Å². The first-order chi connectivity index (χ1) is 9.70. The summed E-state index contributed by atoms with van der Waals surface area (Å²) in [4.78, 5) is 16.3. The molecule has 0 bridgehead atoms. The highest BCUT2D eigenvalue weighted by molar-refractivity contribution is 5.77. The van der Waals surface area contributed by atoms with Crippen LogP contribution in [0.1, 0.15) is 25.7 Å². The molecule has 3 aliphatic rings. The largest absolute Gasteiger partial charge is 0.377 e. The molecule has 0 saturated carbocycles. The van der Waals surface area contributed by atoms with Crippen LogP contribution in [-0.4, -0.2) is 74.9 Å². The van der Waals surface area contributed by atoms with Crippen LogP contribution >= 0.6 is 0 Å². The number of carbonyl (C=O) groups excluding carboxylic acids is 1. The summed E-state index contributed by atoms with van der Waals surface area (Å²) in [5.74, 6) is 0.151. The third-order valence-corrected chi connectivity index (χ3v) is 5.03. The monoisotopic (exact) mass is 282 g/mol. The second-order valence-corrected chi connectivity index (χ2v) is 6.58. The molecule has 114 valence electrons. The summed E-state index contributed by atoms with van der Waals surface area (Å²) in [5.41, 5.74) is 0.109. The zero-order chi connectivity index (χ0) is 14.0. The molecule has 0 radical (unpaired) electrons. The van der Waals surface area contributed by atoms with Crippen LogP contribution in [0.25, 0.3) is 0 Å². The number of fused-ring (bicyclic) bond motifs is 1. The Hall–Kier alpha value is -0.650. The van der Waals surface area contributed by atoms with Crippen molar-refractivity contribution in [3.8, 4) is 0 Å². The summed E-state index contributed by atoms with van der Waals surface area (Å²) < 4.78 is 11.7. The molecule has 0 aromatic rings. The van der Waals surface area contributed by atoms with E-state index in [1.54, 1.807) is 0 Å². The van der Waals surface area contributed by atoms with E-state index >= 15 is 0 Å². The Labute approximate surface area is 121 Å². The Balaban J connectivity index is 1.50. The van der Waals surface area contributed by atoms with Gasteiger partial charge in [0.1, 0.15) is 6.61 Å². The number of piperidine rings is 1. The van der Waals surface area contributed by atoms with Crippen molar-refractivity contribution in [2.45, 2.75) is 31.8 Å². The third-order valence-electron chi connectivity index (χ3n) is 5.03. The highest BCUT2D eigenvalue weighted by Gasteiger charge is 2.47. The molecule has 3 saturated heterocycles. The summed E-state index contributed by atoms with van der Waals surface area (Å²) in [6, 6.07) is 0. The van der Waals surface area contributed by atoms with Crippen LogP contribution in [0.5, 0.6) is 0 Å². The molecular formula is C15H26N2O3. The number of ether oxygens (including phenoxy) is 2. The first-order valence-corrected chi connectivity index (χ1v) is 7.85. The minimum atomic E-state index is 0.109. The van der Waals surface area contributed by atoms with Crippen LogP contribution in [0.2, 0.25) is 0 Å². The topological polar surface area (TPSA) is 42.0 Å². The van der Waals surface area contributed by atoms with Gasteiger partial charge < -0.3 is 19.3 Å². The average Bonchev–Trinajstić information content (AvgIpc) is 3.07. The van der Waals surface area contributed by atoms with E-state index in [-0.39, 0.29) is 17.9 Å². The maximum Gasteiger partial charge on any atom is 0.248 e. The maximum absolute atomic E-state index is 12.0. The summed E-state index contributed by atoms with van der Waals surface area (Å²) in [6.45, 7) is 5.65. The number of rotatable bonds is 4. The Bertz CT molecular complexity index is 357. The fraction of sp³-hybridized carbons (Fsp3) is 0.933. The van der Waals surface area contributed by atoms with Gasteiger partial charge in [-0.1, -0.05) is 0 Å². The van der Waals surface area contributed by atoms with E-state index in [9.17, 15) is 4.79 Å². The van der Waals surface area contributed by atoms with Crippen LogP contribution < -0.4 is 0 Å². The lowest BCUT2D eigenvalue weighted by atomic mass is 9.77. The molecule has 2 atom stereocenters. The minimum Gasteiger partial charge on any atom is -0.377 e. The van der Waals surface area contributed by atoms with E-state index in [2.05, 4.69) is 11.9 Å². The van der Waals surface area contributed by atoms with Gasteiger partial charge in [0.15, 0.2) is 0 Å².